The van der Waals surface area contributed by atoms with Crippen LogP contribution in [0.25, 0.3) is 5.69 Å². The van der Waals surface area contributed by atoms with E-state index in [0.29, 0.717) is 24.5 Å². The first-order valence-electron chi connectivity index (χ1n) is 11.3. The van der Waals surface area contributed by atoms with E-state index in [9.17, 15) is 9.59 Å². The van der Waals surface area contributed by atoms with Crippen LogP contribution in [0.1, 0.15) is 61.3 Å². The molecule has 4 rings (SSSR count). The number of anilines is 1. The van der Waals surface area contributed by atoms with Crippen LogP contribution in [0, 0.1) is 12.7 Å². The third kappa shape index (κ3) is 4.67. The normalized spacial score (nSPS) is 13.9. The van der Waals surface area contributed by atoms with Crippen LogP contribution in [0.2, 0.25) is 0 Å². The number of pyridine rings is 1. The second kappa shape index (κ2) is 9.56. The summed E-state index contributed by atoms with van der Waals surface area (Å²) in [5.74, 6) is -0.409. The Balaban J connectivity index is 1.76. The molecule has 0 saturated carbocycles. The van der Waals surface area contributed by atoms with Crippen molar-refractivity contribution in [3.63, 3.8) is 0 Å². The molecule has 0 spiro atoms. The largest absolute Gasteiger partial charge is 0.490 e. The van der Waals surface area contributed by atoms with Gasteiger partial charge in [-0.05, 0) is 50.8 Å². The van der Waals surface area contributed by atoms with Gasteiger partial charge in [0.2, 0.25) is 0 Å². The molecule has 0 bridgehead atoms. The number of benzene rings is 1. The first-order valence-corrected chi connectivity index (χ1v) is 11.3. The minimum absolute atomic E-state index is 0.0327. The highest BCUT2D eigenvalue weighted by Gasteiger charge is 2.24. The molecule has 174 valence electrons. The fourth-order valence-electron chi connectivity index (χ4n) is 4.00. The molecule has 3 heterocycles. The minimum Gasteiger partial charge on any atom is -0.490 e. The van der Waals surface area contributed by atoms with Gasteiger partial charge in [-0.15, -0.1) is 5.10 Å². The number of aromatic nitrogens is 4. The molecule has 33 heavy (non-hydrogen) atoms. The number of carbonyl (C=O) groups is 1. The van der Waals surface area contributed by atoms with Crippen LogP contribution in [0.3, 0.4) is 0 Å². The van der Waals surface area contributed by atoms with Gasteiger partial charge < -0.3 is 10.1 Å². The number of hydrogen-bond acceptors (Lipinski definition) is 5. The molecule has 0 radical (unpaired) electrons. The van der Waals surface area contributed by atoms with Crippen molar-refractivity contribution in [1.29, 1.82) is 0 Å². The second-order valence-corrected chi connectivity index (χ2v) is 8.38. The molecule has 1 aliphatic rings. The van der Waals surface area contributed by atoms with Crippen LogP contribution in [0.15, 0.2) is 35.4 Å². The highest BCUT2D eigenvalue weighted by molar-refractivity contribution is 6.06. The lowest BCUT2D eigenvalue weighted by Crippen LogP contribution is -2.27. The maximum atomic E-state index is 15.3. The van der Waals surface area contributed by atoms with Crippen LogP contribution < -0.4 is 15.7 Å². The monoisotopic (exact) mass is 453 g/mol. The van der Waals surface area contributed by atoms with Crippen LogP contribution in [0.5, 0.6) is 5.75 Å². The van der Waals surface area contributed by atoms with Crippen LogP contribution in [-0.4, -0.2) is 31.3 Å². The number of carbonyl (C=O) groups excluding carboxylic acids is 1. The van der Waals surface area contributed by atoms with Gasteiger partial charge in [-0.2, -0.15) is 4.68 Å². The standard InChI is InChI=1S/C24H28FN5O3/c1-4-7-16(3)33-21-13-20(30-24(32)29-11-6-5-8-22(29)28-30)18(25)12-17(21)23(31)27-19-14-26-10-9-15(19)2/h9-10,12-14,16H,4-8,11H2,1-3H3,(H,27,31). The molecule has 8 nitrogen and oxygen atoms in total. The Morgan fingerprint density at radius 1 is 1.33 bits per heavy atom. The lowest BCUT2D eigenvalue weighted by Gasteiger charge is -2.18. The Morgan fingerprint density at radius 2 is 2.15 bits per heavy atom. The van der Waals surface area contributed by atoms with E-state index >= 15 is 4.39 Å². The number of amides is 1. The van der Waals surface area contributed by atoms with Gasteiger partial charge in [-0.3, -0.25) is 14.3 Å². The van der Waals surface area contributed by atoms with Crippen molar-refractivity contribution < 1.29 is 13.9 Å². The smallest absolute Gasteiger partial charge is 0.350 e. The van der Waals surface area contributed by atoms with Gasteiger partial charge in [0.15, 0.2) is 0 Å². The van der Waals surface area contributed by atoms with Crippen LogP contribution in [-0.2, 0) is 13.0 Å². The molecule has 2 aromatic heterocycles. The summed E-state index contributed by atoms with van der Waals surface area (Å²) < 4.78 is 24.0. The molecule has 1 aromatic carbocycles. The number of nitrogens with zero attached hydrogens (tertiary/aromatic N) is 4. The van der Waals surface area contributed by atoms with Crippen molar-refractivity contribution in [1.82, 2.24) is 19.3 Å². The topological polar surface area (TPSA) is 91.0 Å². The van der Waals surface area contributed by atoms with Gasteiger partial charge in [-0.1, -0.05) is 13.3 Å². The Morgan fingerprint density at radius 3 is 2.88 bits per heavy atom. The zero-order valence-corrected chi connectivity index (χ0v) is 19.1. The summed E-state index contributed by atoms with van der Waals surface area (Å²) >= 11 is 0. The molecule has 3 aromatic rings. The fourth-order valence-corrected chi connectivity index (χ4v) is 4.00. The number of ether oxygens (including phenoxy) is 1. The van der Waals surface area contributed by atoms with E-state index in [1.54, 1.807) is 16.8 Å². The van der Waals surface area contributed by atoms with Crippen molar-refractivity contribution in [2.45, 2.75) is 65.5 Å². The summed E-state index contributed by atoms with van der Waals surface area (Å²) in [4.78, 5) is 30.0. The summed E-state index contributed by atoms with van der Waals surface area (Å²) in [7, 11) is 0. The predicted octanol–water partition coefficient (Wildman–Crippen LogP) is 4.03. The van der Waals surface area contributed by atoms with Gasteiger partial charge in [0.25, 0.3) is 5.91 Å². The fraction of sp³-hybridized carbons (Fsp3) is 0.417. The number of hydrogen-bond donors (Lipinski definition) is 1. The third-order valence-corrected chi connectivity index (χ3v) is 5.80. The summed E-state index contributed by atoms with van der Waals surface area (Å²) in [5.41, 5.74) is 0.971. The maximum absolute atomic E-state index is 15.3. The Kier molecular flexibility index (Phi) is 6.57. The highest BCUT2D eigenvalue weighted by atomic mass is 19.1. The third-order valence-electron chi connectivity index (χ3n) is 5.80. The van der Waals surface area contributed by atoms with E-state index in [0.717, 1.165) is 42.0 Å². The highest BCUT2D eigenvalue weighted by Crippen LogP contribution is 2.28. The quantitative estimate of drug-likeness (QED) is 0.583. The number of fused-ring (bicyclic) bond motifs is 1. The molecule has 1 unspecified atom stereocenters. The van der Waals surface area contributed by atoms with Crippen molar-refractivity contribution in [2.24, 2.45) is 0 Å². The molecule has 0 fully saturated rings. The predicted molar refractivity (Wildman–Crippen MR) is 123 cm³/mol. The van der Waals surface area contributed by atoms with E-state index < -0.39 is 11.7 Å². The summed E-state index contributed by atoms with van der Waals surface area (Å²) in [5, 5.41) is 7.13. The van der Waals surface area contributed by atoms with E-state index in [4.69, 9.17) is 4.74 Å². The molecule has 1 amide bonds. The molecule has 1 atom stereocenters. The van der Waals surface area contributed by atoms with Gasteiger partial charge in [0, 0.05) is 25.2 Å². The number of aryl methyl sites for hydroxylation is 2. The molecular formula is C24H28FN5O3. The summed E-state index contributed by atoms with van der Waals surface area (Å²) in [6, 6.07) is 4.27. The van der Waals surface area contributed by atoms with Gasteiger partial charge >= 0.3 is 5.69 Å². The first-order chi connectivity index (χ1) is 15.9. The van der Waals surface area contributed by atoms with E-state index in [1.807, 2.05) is 20.8 Å². The van der Waals surface area contributed by atoms with E-state index in [2.05, 4.69) is 15.4 Å². The average Bonchev–Trinajstić information content (AvgIpc) is 3.13. The van der Waals surface area contributed by atoms with Gasteiger partial charge in [-0.25, -0.2) is 9.18 Å². The average molecular weight is 454 g/mol. The van der Waals surface area contributed by atoms with E-state index in [-0.39, 0.29) is 28.8 Å². The Labute approximate surface area is 191 Å². The van der Waals surface area contributed by atoms with Crippen molar-refractivity contribution >= 4 is 11.6 Å². The molecule has 0 saturated heterocycles. The first kappa shape index (κ1) is 22.7. The molecule has 1 N–H and O–H groups in total. The number of rotatable bonds is 7. The van der Waals surface area contributed by atoms with E-state index in [1.165, 1.54) is 12.3 Å². The zero-order chi connectivity index (χ0) is 23.5. The molecule has 1 aliphatic heterocycles. The van der Waals surface area contributed by atoms with Crippen molar-refractivity contribution in [3.8, 4) is 11.4 Å². The lowest BCUT2D eigenvalue weighted by atomic mass is 10.1. The van der Waals surface area contributed by atoms with Crippen molar-refractivity contribution in [2.75, 3.05) is 5.32 Å². The minimum atomic E-state index is -0.726. The van der Waals surface area contributed by atoms with Crippen molar-refractivity contribution in [3.05, 3.63) is 63.8 Å². The van der Waals surface area contributed by atoms with Crippen LogP contribution in [0.4, 0.5) is 10.1 Å². The zero-order valence-electron chi connectivity index (χ0n) is 19.1. The summed E-state index contributed by atoms with van der Waals surface area (Å²) in [6.07, 6.45) is 7.10. The Hall–Kier alpha value is -3.49. The molecular weight excluding hydrogens is 425 g/mol. The molecule has 0 aliphatic carbocycles. The number of nitrogens with one attached hydrogen (secondary N) is 1. The van der Waals surface area contributed by atoms with Gasteiger partial charge in [0.05, 0.1) is 23.6 Å². The molecule has 9 heteroatoms. The number of halogens is 1. The summed E-state index contributed by atoms with van der Waals surface area (Å²) in [6.45, 7) is 6.33. The van der Waals surface area contributed by atoms with Crippen LogP contribution >= 0.6 is 0 Å². The lowest BCUT2D eigenvalue weighted by molar-refractivity contribution is 0.101. The maximum Gasteiger partial charge on any atom is 0.350 e. The second-order valence-electron chi connectivity index (χ2n) is 8.38. The SMILES string of the molecule is CCCC(C)Oc1cc(-n2nc3n(c2=O)CCCC3)c(F)cc1C(=O)Nc1cnccc1C. The van der Waals surface area contributed by atoms with Gasteiger partial charge in [0.1, 0.15) is 23.1 Å². The Bertz CT molecular complexity index is 1230.